The molecule has 0 aromatic carbocycles. The Morgan fingerprint density at radius 3 is 2.57 bits per heavy atom. The highest BCUT2D eigenvalue weighted by atomic mass is 19.3. The molecule has 0 atom stereocenters. The fourth-order valence-corrected chi connectivity index (χ4v) is 0.967. The number of nitrogens with two attached hydrogens (primary N) is 2. The van der Waals surface area contributed by atoms with E-state index in [1.807, 2.05) is 0 Å². The average Bonchev–Trinajstić information content (AvgIpc) is 2.16. The zero-order chi connectivity index (χ0) is 10.7. The van der Waals surface area contributed by atoms with Gasteiger partial charge in [0.1, 0.15) is 11.4 Å². The van der Waals surface area contributed by atoms with Crippen LogP contribution in [0.2, 0.25) is 0 Å². The number of carbonyl (C=O) groups is 1. The molecule has 76 valence electrons. The van der Waals surface area contributed by atoms with Crippen LogP contribution in [0.5, 0.6) is 0 Å². The minimum Gasteiger partial charge on any atom is -0.364 e. The molecule has 1 aromatic heterocycles. The topological polar surface area (TPSA) is 82.0 Å². The first-order valence-electron chi connectivity index (χ1n) is 3.83. The molecule has 6 heteroatoms. The van der Waals surface area contributed by atoms with Gasteiger partial charge in [0, 0.05) is 6.54 Å². The summed E-state index contributed by atoms with van der Waals surface area (Å²) in [4.78, 5) is 14.1. The minimum atomic E-state index is -2.74. The van der Waals surface area contributed by atoms with Crippen molar-refractivity contribution < 1.29 is 13.6 Å². The van der Waals surface area contributed by atoms with E-state index in [-0.39, 0.29) is 12.2 Å². The molecule has 0 bridgehead atoms. The molecule has 1 aromatic rings. The second-order valence-corrected chi connectivity index (χ2v) is 2.65. The molecule has 0 unspecified atom stereocenters. The van der Waals surface area contributed by atoms with Crippen LogP contribution in [-0.2, 0) is 6.54 Å². The third kappa shape index (κ3) is 2.23. The van der Waals surface area contributed by atoms with Gasteiger partial charge in [0.25, 0.3) is 12.3 Å². The first-order chi connectivity index (χ1) is 6.54. The van der Waals surface area contributed by atoms with Gasteiger partial charge in [-0.15, -0.1) is 0 Å². The maximum absolute atomic E-state index is 12.3. The van der Waals surface area contributed by atoms with E-state index in [9.17, 15) is 13.6 Å². The first kappa shape index (κ1) is 10.5. The van der Waals surface area contributed by atoms with Crippen LogP contribution in [0.1, 0.15) is 28.2 Å². The van der Waals surface area contributed by atoms with Gasteiger partial charge < -0.3 is 11.5 Å². The maximum Gasteiger partial charge on any atom is 0.280 e. The summed E-state index contributed by atoms with van der Waals surface area (Å²) in [5, 5.41) is 0. The lowest BCUT2D eigenvalue weighted by Gasteiger charge is -2.04. The highest BCUT2D eigenvalue weighted by Crippen LogP contribution is 2.18. The van der Waals surface area contributed by atoms with E-state index in [1.54, 1.807) is 0 Å². The fourth-order valence-electron chi connectivity index (χ4n) is 0.967. The Morgan fingerprint density at radius 2 is 2.14 bits per heavy atom. The molecule has 0 saturated carbocycles. The van der Waals surface area contributed by atoms with Crippen LogP contribution in [0.15, 0.2) is 12.1 Å². The van der Waals surface area contributed by atoms with Crippen molar-refractivity contribution in [1.29, 1.82) is 0 Å². The van der Waals surface area contributed by atoms with Crippen LogP contribution < -0.4 is 11.5 Å². The molecule has 4 N–H and O–H groups in total. The number of amides is 1. The number of aromatic nitrogens is 1. The Kier molecular flexibility index (Phi) is 3.08. The Balaban J connectivity index is 3.20. The Labute approximate surface area is 78.9 Å². The lowest BCUT2D eigenvalue weighted by atomic mass is 10.2. The van der Waals surface area contributed by atoms with Gasteiger partial charge >= 0.3 is 0 Å². The SMILES string of the molecule is NCc1cc(C(N)=O)nc(C(F)F)c1. The monoisotopic (exact) mass is 201 g/mol. The molecule has 0 spiro atoms. The lowest BCUT2D eigenvalue weighted by molar-refractivity contribution is 0.0993. The van der Waals surface area contributed by atoms with Crippen molar-refractivity contribution in [2.75, 3.05) is 0 Å². The standard InChI is InChI=1S/C8H9F2N3O/c9-7(10)5-1-4(3-11)2-6(13-5)8(12)14/h1-2,7H,3,11H2,(H2,12,14). The zero-order valence-corrected chi connectivity index (χ0v) is 7.21. The quantitative estimate of drug-likeness (QED) is 0.750. The van der Waals surface area contributed by atoms with Gasteiger partial charge in [-0.05, 0) is 17.7 Å². The molecule has 1 amide bonds. The van der Waals surface area contributed by atoms with Crippen LogP contribution >= 0.6 is 0 Å². The molecule has 4 nitrogen and oxygen atoms in total. The number of halogens is 2. The number of hydrogen-bond donors (Lipinski definition) is 2. The maximum atomic E-state index is 12.3. The number of nitrogens with zero attached hydrogens (tertiary/aromatic N) is 1. The van der Waals surface area contributed by atoms with Crippen LogP contribution in [0.3, 0.4) is 0 Å². The van der Waals surface area contributed by atoms with E-state index >= 15 is 0 Å². The summed E-state index contributed by atoms with van der Waals surface area (Å²) in [7, 11) is 0. The summed E-state index contributed by atoms with van der Waals surface area (Å²) >= 11 is 0. The van der Waals surface area contributed by atoms with Crippen LogP contribution in [0.25, 0.3) is 0 Å². The molecule has 1 rings (SSSR count). The second-order valence-electron chi connectivity index (χ2n) is 2.65. The van der Waals surface area contributed by atoms with Gasteiger partial charge in [0.2, 0.25) is 0 Å². The second kappa shape index (κ2) is 4.10. The molecule has 0 aliphatic heterocycles. The molecule has 0 aliphatic rings. The van der Waals surface area contributed by atoms with Crippen LogP contribution in [-0.4, -0.2) is 10.9 Å². The largest absolute Gasteiger partial charge is 0.364 e. The fraction of sp³-hybridized carbons (Fsp3) is 0.250. The number of alkyl halides is 2. The average molecular weight is 201 g/mol. The normalized spacial score (nSPS) is 10.6. The van der Waals surface area contributed by atoms with Gasteiger partial charge in [0.05, 0.1) is 0 Å². The lowest BCUT2D eigenvalue weighted by Crippen LogP contribution is -2.15. The van der Waals surface area contributed by atoms with E-state index in [2.05, 4.69) is 4.98 Å². The first-order valence-corrected chi connectivity index (χ1v) is 3.83. The smallest absolute Gasteiger partial charge is 0.280 e. The van der Waals surface area contributed by atoms with Crippen molar-refractivity contribution in [3.8, 4) is 0 Å². The van der Waals surface area contributed by atoms with Gasteiger partial charge in [-0.2, -0.15) is 0 Å². The van der Waals surface area contributed by atoms with Crippen molar-refractivity contribution >= 4 is 5.91 Å². The summed E-state index contributed by atoms with van der Waals surface area (Å²) in [6.45, 7) is 0.0581. The minimum absolute atomic E-state index is 0.0581. The summed E-state index contributed by atoms with van der Waals surface area (Å²) in [6, 6.07) is 2.45. The molecule has 1 heterocycles. The van der Waals surface area contributed by atoms with E-state index in [0.717, 1.165) is 6.07 Å². The number of hydrogen-bond acceptors (Lipinski definition) is 3. The highest BCUT2D eigenvalue weighted by Gasteiger charge is 2.13. The molecular formula is C8H9F2N3O. The van der Waals surface area contributed by atoms with E-state index in [4.69, 9.17) is 11.5 Å². The predicted molar refractivity (Wildman–Crippen MR) is 45.6 cm³/mol. The predicted octanol–water partition coefficient (Wildman–Crippen LogP) is 0.577. The molecule has 0 radical (unpaired) electrons. The van der Waals surface area contributed by atoms with Crippen LogP contribution in [0.4, 0.5) is 8.78 Å². The van der Waals surface area contributed by atoms with Gasteiger partial charge in [-0.1, -0.05) is 0 Å². The Hall–Kier alpha value is -1.56. The van der Waals surface area contributed by atoms with E-state index in [0.29, 0.717) is 5.56 Å². The summed E-state index contributed by atoms with van der Waals surface area (Å²) < 4.78 is 24.5. The van der Waals surface area contributed by atoms with E-state index < -0.39 is 18.0 Å². The summed E-state index contributed by atoms with van der Waals surface area (Å²) in [5.41, 5.74) is 9.91. The molecule has 14 heavy (non-hydrogen) atoms. The number of carbonyl (C=O) groups excluding carboxylic acids is 1. The van der Waals surface area contributed by atoms with Crippen molar-refractivity contribution in [3.05, 3.63) is 29.1 Å². The highest BCUT2D eigenvalue weighted by molar-refractivity contribution is 5.90. The molecular weight excluding hydrogens is 192 g/mol. The molecule has 0 fully saturated rings. The van der Waals surface area contributed by atoms with Crippen molar-refractivity contribution in [2.45, 2.75) is 13.0 Å². The van der Waals surface area contributed by atoms with Crippen LogP contribution in [0, 0.1) is 0 Å². The third-order valence-electron chi connectivity index (χ3n) is 1.62. The Bertz CT molecular complexity index is 354. The molecule has 0 saturated heterocycles. The summed E-state index contributed by atoms with van der Waals surface area (Å²) in [6.07, 6.45) is -2.74. The van der Waals surface area contributed by atoms with E-state index in [1.165, 1.54) is 6.07 Å². The van der Waals surface area contributed by atoms with Crippen molar-refractivity contribution in [1.82, 2.24) is 4.98 Å². The third-order valence-corrected chi connectivity index (χ3v) is 1.62. The van der Waals surface area contributed by atoms with Gasteiger partial charge in [-0.3, -0.25) is 4.79 Å². The number of primary amides is 1. The van der Waals surface area contributed by atoms with Crippen molar-refractivity contribution in [3.63, 3.8) is 0 Å². The van der Waals surface area contributed by atoms with Crippen molar-refractivity contribution in [2.24, 2.45) is 11.5 Å². The van der Waals surface area contributed by atoms with Gasteiger partial charge in [0.15, 0.2) is 0 Å². The number of rotatable bonds is 3. The molecule has 0 aliphatic carbocycles. The Morgan fingerprint density at radius 1 is 1.50 bits per heavy atom. The summed E-state index contributed by atoms with van der Waals surface area (Å²) in [5.74, 6) is -0.845. The zero-order valence-electron chi connectivity index (χ0n) is 7.21. The van der Waals surface area contributed by atoms with Gasteiger partial charge in [-0.25, -0.2) is 13.8 Å². The number of pyridine rings is 1.